The molecule has 1 N–H and O–H groups in total. The molecular formula is C12H22O2. The molecule has 82 valence electrons. The largest absolute Gasteiger partial charge is 0.396 e. The maximum atomic E-state index is 8.98. The van der Waals surface area contributed by atoms with E-state index in [1.54, 1.807) is 0 Å². The summed E-state index contributed by atoms with van der Waals surface area (Å²) in [4.78, 5) is 0. The molecule has 0 unspecified atom stereocenters. The summed E-state index contributed by atoms with van der Waals surface area (Å²) in [6.45, 7) is 7.71. The number of aliphatic hydroxyl groups is 1. The van der Waals surface area contributed by atoms with Gasteiger partial charge in [0, 0.05) is 13.2 Å². The Bertz CT molecular complexity index is 169. The minimum Gasteiger partial charge on any atom is -0.396 e. The predicted octanol–water partition coefficient (Wildman–Crippen LogP) is 2.38. The average molecular weight is 198 g/mol. The summed E-state index contributed by atoms with van der Waals surface area (Å²) >= 11 is 0. The van der Waals surface area contributed by atoms with Crippen molar-refractivity contribution >= 4 is 0 Å². The molecule has 0 aromatic heterocycles. The second kappa shape index (κ2) is 6.20. The fourth-order valence-electron chi connectivity index (χ4n) is 1.98. The van der Waals surface area contributed by atoms with E-state index in [4.69, 9.17) is 9.84 Å². The van der Waals surface area contributed by atoms with Crippen LogP contribution >= 0.6 is 0 Å². The molecule has 1 aliphatic rings. The molecule has 0 bridgehead atoms. The molecule has 0 spiro atoms. The van der Waals surface area contributed by atoms with E-state index in [9.17, 15) is 0 Å². The standard InChI is InChI=1S/C12H22O2/c1-10(2)8-14-9-12-5-3-11(7-13)4-6-12/h11-13H,1,3-9H2,2H3. The Kier molecular flexibility index (Phi) is 5.20. The van der Waals surface area contributed by atoms with Crippen molar-refractivity contribution in [1.29, 1.82) is 0 Å². The zero-order valence-corrected chi connectivity index (χ0v) is 9.17. The van der Waals surface area contributed by atoms with Crippen molar-refractivity contribution in [1.82, 2.24) is 0 Å². The Hall–Kier alpha value is -0.340. The molecule has 0 atom stereocenters. The zero-order chi connectivity index (χ0) is 10.4. The number of hydrogen-bond acceptors (Lipinski definition) is 2. The third kappa shape index (κ3) is 4.25. The Morgan fingerprint density at radius 3 is 2.36 bits per heavy atom. The van der Waals surface area contributed by atoms with Crippen molar-refractivity contribution in [3.63, 3.8) is 0 Å². The highest BCUT2D eigenvalue weighted by atomic mass is 16.5. The molecule has 2 nitrogen and oxygen atoms in total. The molecule has 14 heavy (non-hydrogen) atoms. The van der Waals surface area contributed by atoms with Gasteiger partial charge < -0.3 is 9.84 Å². The van der Waals surface area contributed by atoms with E-state index in [1.165, 1.54) is 12.8 Å². The topological polar surface area (TPSA) is 29.5 Å². The summed E-state index contributed by atoms with van der Waals surface area (Å²) in [7, 11) is 0. The monoisotopic (exact) mass is 198 g/mol. The van der Waals surface area contributed by atoms with Crippen LogP contribution in [-0.4, -0.2) is 24.9 Å². The summed E-state index contributed by atoms with van der Waals surface area (Å²) in [5, 5.41) is 8.98. The molecule has 0 aromatic rings. The van der Waals surface area contributed by atoms with E-state index in [2.05, 4.69) is 6.58 Å². The number of aliphatic hydroxyl groups excluding tert-OH is 1. The van der Waals surface area contributed by atoms with Gasteiger partial charge in [0.1, 0.15) is 0 Å². The molecule has 0 aliphatic heterocycles. The first-order chi connectivity index (χ1) is 6.72. The quantitative estimate of drug-likeness (QED) is 0.687. The smallest absolute Gasteiger partial charge is 0.0671 e. The van der Waals surface area contributed by atoms with Gasteiger partial charge in [0.15, 0.2) is 0 Å². The van der Waals surface area contributed by atoms with Crippen molar-refractivity contribution in [3.05, 3.63) is 12.2 Å². The van der Waals surface area contributed by atoms with Gasteiger partial charge in [0.05, 0.1) is 6.61 Å². The fourth-order valence-corrected chi connectivity index (χ4v) is 1.98. The van der Waals surface area contributed by atoms with E-state index in [0.29, 0.717) is 25.0 Å². The lowest BCUT2D eigenvalue weighted by atomic mass is 9.83. The minimum atomic E-state index is 0.360. The summed E-state index contributed by atoms with van der Waals surface area (Å²) < 4.78 is 5.54. The van der Waals surface area contributed by atoms with E-state index in [0.717, 1.165) is 25.0 Å². The van der Waals surface area contributed by atoms with Crippen molar-refractivity contribution in [3.8, 4) is 0 Å². The number of ether oxygens (including phenoxy) is 1. The van der Waals surface area contributed by atoms with Crippen LogP contribution in [0.25, 0.3) is 0 Å². The molecule has 0 heterocycles. The van der Waals surface area contributed by atoms with E-state index >= 15 is 0 Å². The maximum absolute atomic E-state index is 8.98. The first-order valence-corrected chi connectivity index (χ1v) is 5.55. The van der Waals surface area contributed by atoms with Crippen molar-refractivity contribution in [2.75, 3.05) is 19.8 Å². The highest BCUT2D eigenvalue weighted by Gasteiger charge is 2.20. The van der Waals surface area contributed by atoms with Crippen molar-refractivity contribution < 1.29 is 9.84 Å². The van der Waals surface area contributed by atoms with Gasteiger partial charge in [-0.1, -0.05) is 12.2 Å². The third-order valence-electron chi connectivity index (χ3n) is 2.93. The van der Waals surface area contributed by atoms with Gasteiger partial charge in [-0.3, -0.25) is 0 Å². The Morgan fingerprint density at radius 2 is 1.86 bits per heavy atom. The van der Waals surface area contributed by atoms with Crippen molar-refractivity contribution in [2.45, 2.75) is 32.6 Å². The molecular weight excluding hydrogens is 176 g/mol. The first kappa shape index (κ1) is 11.7. The van der Waals surface area contributed by atoms with E-state index in [-0.39, 0.29) is 0 Å². The summed E-state index contributed by atoms with van der Waals surface area (Å²) in [5.74, 6) is 1.25. The summed E-state index contributed by atoms with van der Waals surface area (Å²) in [6, 6.07) is 0. The van der Waals surface area contributed by atoms with Crippen molar-refractivity contribution in [2.24, 2.45) is 11.8 Å². The van der Waals surface area contributed by atoms with E-state index in [1.807, 2.05) is 6.92 Å². The summed E-state index contributed by atoms with van der Waals surface area (Å²) in [6.07, 6.45) is 4.75. The molecule has 1 aliphatic carbocycles. The average Bonchev–Trinajstić information content (AvgIpc) is 2.18. The zero-order valence-electron chi connectivity index (χ0n) is 9.17. The van der Waals surface area contributed by atoms with Gasteiger partial charge in [-0.15, -0.1) is 0 Å². The van der Waals surface area contributed by atoms with Crippen LogP contribution < -0.4 is 0 Å². The van der Waals surface area contributed by atoms with Crippen LogP contribution in [0.2, 0.25) is 0 Å². The highest BCUT2D eigenvalue weighted by Crippen LogP contribution is 2.28. The Morgan fingerprint density at radius 1 is 1.29 bits per heavy atom. The molecule has 0 aromatic carbocycles. The Balaban J connectivity index is 2.07. The molecule has 1 saturated carbocycles. The first-order valence-electron chi connectivity index (χ1n) is 5.55. The van der Waals surface area contributed by atoms with Crippen LogP contribution in [0.1, 0.15) is 32.6 Å². The van der Waals surface area contributed by atoms with Gasteiger partial charge in [-0.25, -0.2) is 0 Å². The lowest BCUT2D eigenvalue weighted by Crippen LogP contribution is -2.20. The van der Waals surface area contributed by atoms with Gasteiger partial charge >= 0.3 is 0 Å². The highest BCUT2D eigenvalue weighted by molar-refractivity contribution is 4.87. The van der Waals surface area contributed by atoms with Crippen LogP contribution in [0.4, 0.5) is 0 Å². The van der Waals surface area contributed by atoms with Gasteiger partial charge in [-0.05, 0) is 44.4 Å². The normalized spacial score (nSPS) is 27.6. The van der Waals surface area contributed by atoms with E-state index < -0.39 is 0 Å². The summed E-state index contributed by atoms with van der Waals surface area (Å²) in [5.41, 5.74) is 1.09. The van der Waals surface area contributed by atoms with Crippen LogP contribution in [-0.2, 0) is 4.74 Å². The molecule has 0 amide bonds. The Labute approximate surface area is 87.0 Å². The van der Waals surface area contributed by atoms with Crippen LogP contribution in [0.5, 0.6) is 0 Å². The van der Waals surface area contributed by atoms with Gasteiger partial charge in [0.2, 0.25) is 0 Å². The number of hydrogen-bond donors (Lipinski definition) is 1. The van der Waals surface area contributed by atoms with Crippen LogP contribution in [0.3, 0.4) is 0 Å². The second-order valence-electron chi connectivity index (χ2n) is 4.54. The van der Waals surface area contributed by atoms with Crippen LogP contribution in [0, 0.1) is 11.8 Å². The SMILES string of the molecule is C=C(C)COCC1CCC(CO)CC1. The second-order valence-corrected chi connectivity index (χ2v) is 4.54. The fraction of sp³-hybridized carbons (Fsp3) is 0.833. The molecule has 0 saturated heterocycles. The lowest BCUT2D eigenvalue weighted by Gasteiger charge is -2.27. The molecule has 1 rings (SSSR count). The third-order valence-corrected chi connectivity index (χ3v) is 2.93. The molecule has 0 radical (unpaired) electrons. The predicted molar refractivity (Wildman–Crippen MR) is 58.2 cm³/mol. The van der Waals surface area contributed by atoms with Gasteiger partial charge in [0.25, 0.3) is 0 Å². The molecule has 1 fully saturated rings. The van der Waals surface area contributed by atoms with Gasteiger partial charge in [-0.2, -0.15) is 0 Å². The minimum absolute atomic E-state index is 0.360. The maximum Gasteiger partial charge on any atom is 0.0671 e. The lowest BCUT2D eigenvalue weighted by molar-refractivity contribution is 0.0818. The van der Waals surface area contributed by atoms with Crippen LogP contribution in [0.15, 0.2) is 12.2 Å². The number of rotatable bonds is 5. The molecule has 2 heteroatoms.